The van der Waals surface area contributed by atoms with E-state index in [1.807, 2.05) is 30.3 Å². The van der Waals surface area contributed by atoms with E-state index < -0.39 is 0 Å². The van der Waals surface area contributed by atoms with Crippen LogP contribution in [-0.2, 0) is 6.42 Å². The highest BCUT2D eigenvalue weighted by Gasteiger charge is 2.05. The molecule has 0 amide bonds. The van der Waals surface area contributed by atoms with Crippen molar-refractivity contribution in [2.75, 3.05) is 7.11 Å². The van der Waals surface area contributed by atoms with Crippen molar-refractivity contribution >= 4 is 0 Å². The lowest BCUT2D eigenvalue weighted by Gasteiger charge is -2.13. The van der Waals surface area contributed by atoms with E-state index in [1.165, 1.54) is 5.56 Å². The summed E-state index contributed by atoms with van der Waals surface area (Å²) < 4.78 is 5.09. The fourth-order valence-corrected chi connectivity index (χ4v) is 1.46. The summed E-state index contributed by atoms with van der Waals surface area (Å²) >= 11 is 0. The third-order valence-electron chi connectivity index (χ3n) is 2.33. The van der Waals surface area contributed by atoms with Crippen LogP contribution in [0.1, 0.15) is 12.0 Å². The maximum atomic E-state index is 5.44. The highest BCUT2D eigenvalue weighted by Crippen LogP contribution is 2.13. The molecule has 0 bridgehead atoms. The first-order valence-corrected chi connectivity index (χ1v) is 5.00. The van der Waals surface area contributed by atoms with Crippen molar-refractivity contribution in [2.45, 2.75) is 18.9 Å². The molecule has 0 radical (unpaired) electrons. The largest absolute Gasteiger partial charge is 0.497 e. The molecule has 1 rings (SSSR count). The molecule has 0 aromatic heterocycles. The predicted octanol–water partition coefficient (Wildman–Crippen LogP) is 1.65. The van der Waals surface area contributed by atoms with E-state index >= 15 is 0 Å². The Bertz CT molecular complexity index is 295. The first-order chi connectivity index (χ1) is 7.30. The molecule has 0 saturated heterocycles. The van der Waals surface area contributed by atoms with Crippen molar-refractivity contribution in [1.29, 1.82) is 0 Å². The molecule has 1 aromatic rings. The molecule has 0 heterocycles. The fraction of sp³-hybridized carbons (Fsp3) is 0.333. The van der Waals surface area contributed by atoms with E-state index in [0.717, 1.165) is 18.6 Å². The van der Waals surface area contributed by atoms with Crippen molar-refractivity contribution in [3.63, 3.8) is 0 Å². The van der Waals surface area contributed by atoms with Gasteiger partial charge in [-0.25, -0.2) is 0 Å². The van der Waals surface area contributed by atoms with Gasteiger partial charge in [-0.1, -0.05) is 18.2 Å². The Morgan fingerprint density at radius 1 is 1.47 bits per heavy atom. The standard InChI is InChI=1S/C12H18N2O/c1-3-4-11(14-13)9-10-5-7-12(15-2)8-6-10/h3,5-8,11,14H,1,4,9,13H2,2H3. The SMILES string of the molecule is C=CCC(Cc1ccc(OC)cc1)NN. The number of ether oxygens (including phenoxy) is 1. The van der Waals surface area contributed by atoms with Gasteiger partial charge in [-0.3, -0.25) is 11.3 Å². The van der Waals surface area contributed by atoms with Gasteiger partial charge < -0.3 is 4.74 Å². The second-order valence-corrected chi connectivity index (χ2v) is 3.44. The Morgan fingerprint density at radius 3 is 2.60 bits per heavy atom. The third-order valence-corrected chi connectivity index (χ3v) is 2.33. The molecule has 3 nitrogen and oxygen atoms in total. The first-order valence-electron chi connectivity index (χ1n) is 5.00. The van der Waals surface area contributed by atoms with Gasteiger partial charge in [0.2, 0.25) is 0 Å². The van der Waals surface area contributed by atoms with E-state index in [-0.39, 0.29) is 6.04 Å². The molecule has 0 aliphatic heterocycles. The van der Waals surface area contributed by atoms with Crippen LogP contribution in [-0.4, -0.2) is 13.2 Å². The van der Waals surface area contributed by atoms with Crippen LogP contribution >= 0.6 is 0 Å². The molecule has 1 aromatic carbocycles. The van der Waals surface area contributed by atoms with Crippen LogP contribution < -0.4 is 16.0 Å². The van der Waals surface area contributed by atoms with E-state index in [9.17, 15) is 0 Å². The van der Waals surface area contributed by atoms with Gasteiger partial charge in [0.15, 0.2) is 0 Å². The summed E-state index contributed by atoms with van der Waals surface area (Å²) in [6, 6.07) is 8.25. The molecule has 82 valence electrons. The van der Waals surface area contributed by atoms with Crippen molar-refractivity contribution in [3.05, 3.63) is 42.5 Å². The van der Waals surface area contributed by atoms with Gasteiger partial charge in [-0.2, -0.15) is 0 Å². The Hall–Kier alpha value is -1.32. The number of hydrogen-bond acceptors (Lipinski definition) is 3. The average Bonchev–Trinajstić information content (AvgIpc) is 2.29. The molecule has 1 atom stereocenters. The molecule has 0 saturated carbocycles. The molecule has 3 N–H and O–H groups in total. The van der Waals surface area contributed by atoms with Gasteiger partial charge in [0.05, 0.1) is 7.11 Å². The minimum atomic E-state index is 0.246. The molecule has 0 aliphatic carbocycles. The van der Waals surface area contributed by atoms with Crippen LogP contribution in [0.25, 0.3) is 0 Å². The molecular formula is C12H18N2O. The van der Waals surface area contributed by atoms with Gasteiger partial charge >= 0.3 is 0 Å². The molecule has 3 heteroatoms. The smallest absolute Gasteiger partial charge is 0.118 e. The lowest BCUT2D eigenvalue weighted by atomic mass is 10.0. The number of hydrogen-bond donors (Lipinski definition) is 2. The van der Waals surface area contributed by atoms with E-state index in [1.54, 1.807) is 7.11 Å². The second-order valence-electron chi connectivity index (χ2n) is 3.44. The predicted molar refractivity (Wildman–Crippen MR) is 62.6 cm³/mol. The van der Waals surface area contributed by atoms with Gasteiger partial charge in [-0.15, -0.1) is 6.58 Å². The number of nitrogens with two attached hydrogens (primary N) is 1. The summed E-state index contributed by atoms with van der Waals surface area (Å²) in [6.45, 7) is 3.70. The Balaban J connectivity index is 2.58. The number of rotatable bonds is 6. The maximum absolute atomic E-state index is 5.44. The quantitative estimate of drug-likeness (QED) is 0.422. The molecule has 0 fully saturated rings. The summed E-state index contributed by atoms with van der Waals surface area (Å²) in [4.78, 5) is 0. The molecule has 0 spiro atoms. The second kappa shape index (κ2) is 6.22. The lowest BCUT2D eigenvalue weighted by Crippen LogP contribution is -2.36. The van der Waals surface area contributed by atoms with Crippen LogP contribution in [0.4, 0.5) is 0 Å². The minimum Gasteiger partial charge on any atom is -0.497 e. The third kappa shape index (κ3) is 3.73. The Kier molecular flexibility index (Phi) is 4.87. The first kappa shape index (κ1) is 11.8. The van der Waals surface area contributed by atoms with E-state index in [0.29, 0.717) is 0 Å². The van der Waals surface area contributed by atoms with Crippen molar-refractivity contribution in [2.24, 2.45) is 5.84 Å². The van der Waals surface area contributed by atoms with Crippen molar-refractivity contribution in [3.8, 4) is 5.75 Å². The summed E-state index contributed by atoms with van der Waals surface area (Å²) in [5.41, 5.74) is 4.01. The zero-order valence-electron chi connectivity index (χ0n) is 9.07. The number of methoxy groups -OCH3 is 1. The monoisotopic (exact) mass is 206 g/mol. The van der Waals surface area contributed by atoms with Crippen LogP contribution in [0.2, 0.25) is 0 Å². The van der Waals surface area contributed by atoms with E-state index in [4.69, 9.17) is 10.6 Å². The fourth-order valence-electron chi connectivity index (χ4n) is 1.46. The highest BCUT2D eigenvalue weighted by atomic mass is 16.5. The Morgan fingerprint density at radius 2 is 2.13 bits per heavy atom. The van der Waals surface area contributed by atoms with Crippen LogP contribution in [0.3, 0.4) is 0 Å². The van der Waals surface area contributed by atoms with Gasteiger partial charge in [0, 0.05) is 6.04 Å². The molecular weight excluding hydrogens is 188 g/mol. The maximum Gasteiger partial charge on any atom is 0.118 e. The number of hydrazine groups is 1. The summed E-state index contributed by atoms with van der Waals surface area (Å²) in [6.07, 6.45) is 3.63. The van der Waals surface area contributed by atoms with Crippen molar-refractivity contribution < 1.29 is 4.74 Å². The topological polar surface area (TPSA) is 47.3 Å². The number of nitrogens with one attached hydrogen (secondary N) is 1. The zero-order chi connectivity index (χ0) is 11.1. The van der Waals surface area contributed by atoms with Gasteiger partial charge in [-0.05, 0) is 30.5 Å². The highest BCUT2D eigenvalue weighted by molar-refractivity contribution is 5.27. The zero-order valence-corrected chi connectivity index (χ0v) is 9.07. The van der Waals surface area contributed by atoms with Crippen LogP contribution in [0.15, 0.2) is 36.9 Å². The van der Waals surface area contributed by atoms with Crippen molar-refractivity contribution in [1.82, 2.24) is 5.43 Å². The Labute approximate surface area is 90.9 Å². The summed E-state index contributed by atoms with van der Waals surface area (Å²) in [7, 11) is 1.66. The minimum absolute atomic E-state index is 0.246. The van der Waals surface area contributed by atoms with Gasteiger partial charge in [0.1, 0.15) is 5.75 Å². The molecule has 15 heavy (non-hydrogen) atoms. The van der Waals surface area contributed by atoms with Crippen LogP contribution in [0.5, 0.6) is 5.75 Å². The van der Waals surface area contributed by atoms with Crippen LogP contribution in [0, 0.1) is 0 Å². The number of benzene rings is 1. The summed E-state index contributed by atoms with van der Waals surface area (Å²) in [5, 5.41) is 0. The normalized spacial score (nSPS) is 12.1. The average molecular weight is 206 g/mol. The summed E-state index contributed by atoms with van der Waals surface area (Å²) in [5.74, 6) is 6.32. The molecule has 1 unspecified atom stereocenters. The molecule has 0 aliphatic rings. The lowest BCUT2D eigenvalue weighted by molar-refractivity contribution is 0.414. The van der Waals surface area contributed by atoms with E-state index in [2.05, 4.69) is 12.0 Å². The van der Waals surface area contributed by atoms with Gasteiger partial charge in [0.25, 0.3) is 0 Å².